The molecular formula is C10H11N5O2. The van der Waals surface area contributed by atoms with Gasteiger partial charge in [0, 0.05) is 0 Å². The highest BCUT2D eigenvalue weighted by molar-refractivity contribution is 5.90. The van der Waals surface area contributed by atoms with E-state index in [0.29, 0.717) is 0 Å². The van der Waals surface area contributed by atoms with Crippen LogP contribution in [0.2, 0.25) is 0 Å². The van der Waals surface area contributed by atoms with E-state index < -0.39 is 0 Å². The Morgan fingerprint density at radius 3 is 2.76 bits per heavy atom. The maximum absolute atomic E-state index is 11.6. The largest absolute Gasteiger partial charge is 0.497 e. The molecule has 0 fully saturated rings. The quantitative estimate of drug-likeness (QED) is 0.796. The molecule has 7 heteroatoms. The first-order valence-electron chi connectivity index (χ1n) is 4.94. The molecule has 1 amide bonds. The van der Waals surface area contributed by atoms with Crippen molar-refractivity contribution in [1.29, 1.82) is 0 Å². The highest BCUT2D eigenvalue weighted by atomic mass is 16.5. The third-order valence-electron chi connectivity index (χ3n) is 2.12. The van der Waals surface area contributed by atoms with Crippen LogP contribution in [0.15, 0.2) is 24.3 Å². The second-order valence-electron chi connectivity index (χ2n) is 3.31. The van der Waals surface area contributed by atoms with E-state index in [4.69, 9.17) is 4.74 Å². The van der Waals surface area contributed by atoms with Crippen LogP contribution in [0, 0.1) is 0 Å². The van der Waals surface area contributed by atoms with Crippen molar-refractivity contribution in [2.45, 2.75) is 6.42 Å². The Kier molecular flexibility index (Phi) is 3.29. The SMILES string of the molecule is COc1ccc(CC(=O)Nc2nn[nH]n2)cc1. The lowest BCUT2D eigenvalue weighted by molar-refractivity contribution is -0.115. The number of hydrogen-bond acceptors (Lipinski definition) is 5. The fourth-order valence-corrected chi connectivity index (χ4v) is 1.31. The van der Waals surface area contributed by atoms with Gasteiger partial charge in [-0.05, 0) is 22.9 Å². The van der Waals surface area contributed by atoms with Crippen LogP contribution in [-0.4, -0.2) is 33.6 Å². The van der Waals surface area contributed by atoms with Crippen LogP contribution in [0.4, 0.5) is 5.95 Å². The summed E-state index contributed by atoms with van der Waals surface area (Å²) in [5.41, 5.74) is 0.881. The van der Waals surface area contributed by atoms with Crippen molar-refractivity contribution in [1.82, 2.24) is 20.6 Å². The van der Waals surface area contributed by atoms with Gasteiger partial charge in [-0.3, -0.25) is 10.1 Å². The van der Waals surface area contributed by atoms with E-state index in [-0.39, 0.29) is 18.3 Å². The number of aromatic nitrogens is 4. The first-order valence-corrected chi connectivity index (χ1v) is 4.94. The van der Waals surface area contributed by atoms with Crippen molar-refractivity contribution in [3.63, 3.8) is 0 Å². The molecule has 88 valence electrons. The molecule has 0 atom stereocenters. The minimum absolute atomic E-state index is 0.170. The highest BCUT2D eigenvalue weighted by Gasteiger charge is 2.06. The zero-order valence-corrected chi connectivity index (χ0v) is 9.17. The number of anilines is 1. The number of methoxy groups -OCH3 is 1. The second kappa shape index (κ2) is 5.06. The van der Waals surface area contributed by atoms with E-state index in [1.54, 1.807) is 19.2 Å². The molecule has 0 saturated carbocycles. The Bertz CT molecular complexity index is 480. The second-order valence-corrected chi connectivity index (χ2v) is 3.31. The predicted octanol–water partition coefficient (Wildman–Crippen LogP) is 0.389. The topological polar surface area (TPSA) is 92.8 Å². The number of benzene rings is 1. The molecule has 0 unspecified atom stereocenters. The summed E-state index contributed by atoms with van der Waals surface area (Å²) in [7, 11) is 1.60. The van der Waals surface area contributed by atoms with Crippen LogP contribution in [-0.2, 0) is 11.2 Å². The van der Waals surface area contributed by atoms with Gasteiger partial charge in [0.2, 0.25) is 5.91 Å². The van der Waals surface area contributed by atoms with Crippen LogP contribution in [0.25, 0.3) is 0 Å². The summed E-state index contributed by atoms with van der Waals surface area (Å²) in [5, 5.41) is 15.4. The molecule has 1 aromatic carbocycles. The van der Waals surface area contributed by atoms with Gasteiger partial charge in [0.25, 0.3) is 5.95 Å². The van der Waals surface area contributed by atoms with Gasteiger partial charge >= 0.3 is 0 Å². The number of carbonyl (C=O) groups excluding carboxylic acids is 1. The Hall–Kier alpha value is -2.44. The molecule has 17 heavy (non-hydrogen) atoms. The average molecular weight is 233 g/mol. The number of amides is 1. The Morgan fingerprint density at radius 1 is 1.41 bits per heavy atom. The lowest BCUT2D eigenvalue weighted by Gasteiger charge is -2.03. The number of tetrazole rings is 1. The van der Waals surface area contributed by atoms with Crippen molar-refractivity contribution in [3.8, 4) is 5.75 Å². The lowest BCUT2D eigenvalue weighted by Crippen LogP contribution is -2.15. The molecule has 0 radical (unpaired) electrons. The third-order valence-corrected chi connectivity index (χ3v) is 2.12. The molecule has 0 aliphatic carbocycles. The van der Waals surface area contributed by atoms with Crippen molar-refractivity contribution in [2.24, 2.45) is 0 Å². The van der Waals surface area contributed by atoms with Gasteiger partial charge in [0.1, 0.15) is 5.75 Å². The number of ether oxygens (including phenoxy) is 1. The summed E-state index contributed by atoms with van der Waals surface area (Å²) < 4.78 is 5.03. The van der Waals surface area contributed by atoms with E-state index >= 15 is 0 Å². The summed E-state index contributed by atoms with van der Waals surface area (Å²) in [6.45, 7) is 0. The van der Waals surface area contributed by atoms with Crippen LogP contribution in [0.3, 0.4) is 0 Å². The van der Waals surface area contributed by atoms with Crippen molar-refractivity contribution in [2.75, 3.05) is 12.4 Å². The van der Waals surface area contributed by atoms with Gasteiger partial charge < -0.3 is 4.74 Å². The Balaban J connectivity index is 1.93. The van der Waals surface area contributed by atoms with E-state index in [0.717, 1.165) is 11.3 Å². The van der Waals surface area contributed by atoms with E-state index in [1.165, 1.54) is 0 Å². The fourth-order valence-electron chi connectivity index (χ4n) is 1.31. The predicted molar refractivity (Wildman–Crippen MR) is 59.5 cm³/mol. The molecule has 2 aromatic rings. The highest BCUT2D eigenvalue weighted by Crippen LogP contribution is 2.11. The first-order chi connectivity index (χ1) is 8.28. The number of carbonyl (C=O) groups is 1. The lowest BCUT2D eigenvalue weighted by atomic mass is 10.1. The number of nitrogens with one attached hydrogen (secondary N) is 2. The number of rotatable bonds is 4. The molecule has 7 nitrogen and oxygen atoms in total. The van der Waals surface area contributed by atoms with E-state index in [9.17, 15) is 4.79 Å². The monoisotopic (exact) mass is 233 g/mol. The van der Waals surface area contributed by atoms with Crippen LogP contribution >= 0.6 is 0 Å². The summed E-state index contributed by atoms with van der Waals surface area (Å²) in [4.78, 5) is 11.6. The molecular weight excluding hydrogens is 222 g/mol. The molecule has 1 heterocycles. The van der Waals surface area contributed by atoms with Crippen molar-refractivity contribution < 1.29 is 9.53 Å². The minimum Gasteiger partial charge on any atom is -0.497 e. The summed E-state index contributed by atoms with van der Waals surface area (Å²) in [6.07, 6.45) is 0.249. The van der Waals surface area contributed by atoms with Gasteiger partial charge in [-0.1, -0.05) is 17.2 Å². The van der Waals surface area contributed by atoms with Crippen LogP contribution in [0.1, 0.15) is 5.56 Å². The molecule has 0 aliphatic heterocycles. The molecule has 0 spiro atoms. The fraction of sp³-hybridized carbons (Fsp3) is 0.200. The normalized spacial score (nSPS) is 9.94. The molecule has 0 bridgehead atoms. The average Bonchev–Trinajstić information content (AvgIpc) is 2.82. The van der Waals surface area contributed by atoms with Gasteiger partial charge in [0.05, 0.1) is 13.5 Å². The van der Waals surface area contributed by atoms with Crippen LogP contribution in [0.5, 0.6) is 5.75 Å². The van der Waals surface area contributed by atoms with Crippen molar-refractivity contribution >= 4 is 11.9 Å². The maximum Gasteiger partial charge on any atom is 0.269 e. The Morgan fingerprint density at radius 2 is 2.18 bits per heavy atom. The van der Waals surface area contributed by atoms with Crippen molar-refractivity contribution in [3.05, 3.63) is 29.8 Å². The number of hydrogen-bond donors (Lipinski definition) is 2. The number of H-pyrrole nitrogens is 1. The molecule has 0 aliphatic rings. The number of nitrogens with zero attached hydrogens (tertiary/aromatic N) is 3. The number of aromatic amines is 1. The summed E-state index contributed by atoms with van der Waals surface area (Å²) in [6, 6.07) is 7.26. The van der Waals surface area contributed by atoms with Gasteiger partial charge in [0.15, 0.2) is 0 Å². The smallest absolute Gasteiger partial charge is 0.269 e. The molecule has 0 saturated heterocycles. The summed E-state index contributed by atoms with van der Waals surface area (Å²) >= 11 is 0. The maximum atomic E-state index is 11.6. The summed E-state index contributed by atoms with van der Waals surface area (Å²) in [5.74, 6) is 0.729. The van der Waals surface area contributed by atoms with E-state index in [1.807, 2.05) is 12.1 Å². The Labute approximate surface area is 97.2 Å². The standard InChI is InChI=1S/C10H11N5O2/c1-17-8-4-2-7(3-5-8)6-9(16)11-10-12-14-15-13-10/h2-5H,6H2,1H3,(H2,11,12,13,14,15,16). The zero-order chi connectivity index (χ0) is 12.1. The first kappa shape index (κ1) is 11.1. The van der Waals surface area contributed by atoms with Crippen LogP contribution < -0.4 is 10.1 Å². The zero-order valence-electron chi connectivity index (χ0n) is 9.17. The van der Waals surface area contributed by atoms with Gasteiger partial charge in [-0.2, -0.15) is 5.21 Å². The molecule has 1 aromatic heterocycles. The molecule has 2 N–H and O–H groups in total. The van der Waals surface area contributed by atoms with E-state index in [2.05, 4.69) is 25.9 Å². The molecule has 2 rings (SSSR count). The third kappa shape index (κ3) is 3.00. The van der Waals surface area contributed by atoms with Gasteiger partial charge in [-0.15, -0.1) is 5.10 Å². The van der Waals surface area contributed by atoms with Gasteiger partial charge in [-0.25, -0.2) is 0 Å². The minimum atomic E-state index is -0.198.